The van der Waals surface area contributed by atoms with Crippen molar-refractivity contribution in [2.75, 3.05) is 17.1 Å². The Balaban J connectivity index is 2.12. The van der Waals surface area contributed by atoms with E-state index in [2.05, 4.69) is 55.7 Å². The smallest absolute Gasteiger partial charge is 0.260 e. The van der Waals surface area contributed by atoms with Crippen LogP contribution in [0.2, 0.25) is 0 Å². The Labute approximate surface area is 180 Å². The fraction of sp³-hybridized carbons (Fsp3) is 0.176. The van der Waals surface area contributed by atoms with Gasteiger partial charge in [-0.25, -0.2) is 13.8 Å². The lowest BCUT2D eigenvalue weighted by atomic mass is 10.1. The molecule has 0 aliphatic rings. The monoisotopic (exact) mass is 597 g/mol. The zero-order chi connectivity index (χ0) is 19.3. The molecule has 0 heterocycles. The number of rotatable bonds is 6. The van der Waals surface area contributed by atoms with Gasteiger partial charge in [0, 0.05) is 7.14 Å². The minimum absolute atomic E-state index is 0.345. The minimum atomic E-state index is -3.60. The Bertz CT molecular complexity index is 929. The number of nitrogens with zero attached hydrogens (tertiary/aromatic N) is 2. The van der Waals surface area contributed by atoms with Crippen LogP contribution >= 0.6 is 45.2 Å². The molecule has 26 heavy (non-hydrogen) atoms. The van der Waals surface area contributed by atoms with Gasteiger partial charge in [-0.2, -0.15) is 5.10 Å². The van der Waals surface area contributed by atoms with Crippen molar-refractivity contribution in [1.82, 2.24) is 5.43 Å². The van der Waals surface area contributed by atoms with E-state index in [4.69, 9.17) is 0 Å². The third-order valence-corrected chi connectivity index (χ3v) is 5.92. The van der Waals surface area contributed by atoms with Gasteiger partial charge in [-0.3, -0.25) is 9.10 Å². The average molecular weight is 597 g/mol. The molecule has 0 radical (unpaired) electrons. The second-order valence-corrected chi connectivity index (χ2v) is 9.89. The van der Waals surface area contributed by atoms with Crippen LogP contribution in [-0.4, -0.2) is 32.8 Å². The third-order valence-electron chi connectivity index (χ3n) is 3.39. The summed E-state index contributed by atoms with van der Waals surface area (Å²) in [7, 11) is -3.60. The van der Waals surface area contributed by atoms with Gasteiger partial charge in [0.25, 0.3) is 5.91 Å². The van der Waals surface area contributed by atoms with Gasteiger partial charge in [0.05, 0.1) is 17.7 Å². The van der Waals surface area contributed by atoms with Crippen LogP contribution < -0.4 is 9.73 Å². The zero-order valence-electron chi connectivity index (χ0n) is 14.1. The number of carbonyl (C=O) groups excluding carboxylic acids is 1. The molecule has 0 saturated heterocycles. The van der Waals surface area contributed by atoms with Gasteiger partial charge in [-0.1, -0.05) is 12.1 Å². The number of sulfonamides is 1. The van der Waals surface area contributed by atoms with Gasteiger partial charge in [0.15, 0.2) is 0 Å². The van der Waals surface area contributed by atoms with E-state index in [0.717, 1.165) is 23.3 Å². The molecule has 0 unspecified atom stereocenters. The number of hydrazone groups is 1. The Morgan fingerprint density at radius 2 is 1.77 bits per heavy atom. The number of nitrogens with one attached hydrogen (secondary N) is 1. The van der Waals surface area contributed by atoms with Crippen molar-refractivity contribution >= 4 is 72.5 Å². The summed E-state index contributed by atoms with van der Waals surface area (Å²) in [5, 5.41) is 4.07. The Morgan fingerprint density at radius 3 is 2.35 bits per heavy atom. The van der Waals surface area contributed by atoms with Gasteiger partial charge in [-0.15, -0.1) is 0 Å². The molecule has 0 bridgehead atoms. The summed E-state index contributed by atoms with van der Waals surface area (Å²) in [6, 6.07) is 14.6. The van der Waals surface area contributed by atoms with Crippen molar-refractivity contribution in [3.05, 3.63) is 61.2 Å². The molecule has 0 aliphatic carbocycles. The van der Waals surface area contributed by atoms with E-state index >= 15 is 0 Å². The van der Waals surface area contributed by atoms with Crippen LogP contribution in [0.15, 0.2) is 53.6 Å². The molecule has 0 atom stereocenters. The lowest BCUT2D eigenvalue weighted by Crippen LogP contribution is -2.39. The van der Waals surface area contributed by atoms with Crippen LogP contribution in [0.3, 0.4) is 0 Å². The van der Waals surface area contributed by atoms with Gasteiger partial charge in [-0.05, 0) is 94.1 Å². The first-order valence-electron chi connectivity index (χ1n) is 7.49. The van der Waals surface area contributed by atoms with E-state index in [0.29, 0.717) is 11.4 Å². The Morgan fingerprint density at radius 1 is 1.12 bits per heavy atom. The number of hydrogen-bond acceptors (Lipinski definition) is 4. The summed E-state index contributed by atoms with van der Waals surface area (Å²) in [4.78, 5) is 12.2. The molecular weight excluding hydrogens is 580 g/mol. The highest BCUT2D eigenvalue weighted by Crippen LogP contribution is 2.18. The SMILES string of the molecule is C/C(=N/NC(=O)CN(c1ccc(I)cc1)S(C)(=O)=O)c1cccc(I)c1. The molecule has 6 nitrogen and oxygen atoms in total. The highest BCUT2D eigenvalue weighted by molar-refractivity contribution is 14.1. The van der Waals surface area contributed by atoms with Crippen molar-refractivity contribution < 1.29 is 13.2 Å². The standard InChI is InChI=1S/C17H17I2N3O3S/c1-12(13-4-3-5-15(19)10-13)20-21-17(23)11-22(26(2,24)25)16-8-6-14(18)7-9-16/h3-10H,11H2,1-2H3,(H,21,23)/b20-12-. The maximum absolute atomic E-state index is 12.2. The molecule has 0 aromatic heterocycles. The molecule has 2 aromatic carbocycles. The third kappa shape index (κ3) is 6.20. The number of benzene rings is 2. The number of amides is 1. The second kappa shape index (κ2) is 9.13. The molecule has 2 rings (SSSR count). The molecule has 0 fully saturated rings. The summed E-state index contributed by atoms with van der Waals surface area (Å²) in [5.74, 6) is -0.515. The topological polar surface area (TPSA) is 78.8 Å². The Kier molecular flexibility index (Phi) is 7.41. The van der Waals surface area contributed by atoms with E-state index < -0.39 is 15.9 Å². The minimum Gasteiger partial charge on any atom is -0.271 e. The molecule has 1 N–H and O–H groups in total. The van der Waals surface area contributed by atoms with Crippen molar-refractivity contribution in [2.24, 2.45) is 5.10 Å². The van der Waals surface area contributed by atoms with Crippen LogP contribution in [-0.2, 0) is 14.8 Å². The Hall–Kier alpha value is -1.21. The number of halogens is 2. The molecule has 2 aromatic rings. The van der Waals surface area contributed by atoms with Crippen LogP contribution in [0.1, 0.15) is 12.5 Å². The first-order chi connectivity index (χ1) is 12.2. The second-order valence-electron chi connectivity index (χ2n) is 5.49. The first-order valence-corrected chi connectivity index (χ1v) is 11.5. The zero-order valence-corrected chi connectivity index (χ0v) is 19.2. The molecule has 0 aliphatic heterocycles. The van der Waals surface area contributed by atoms with E-state index in [-0.39, 0.29) is 6.54 Å². The van der Waals surface area contributed by atoms with Gasteiger partial charge >= 0.3 is 0 Å². The largest absolute Gasteiger partial charge is 0.271 e. The van der Waals surface area contributed by atoms with Crippen LogP contribution in [0.5, 0.6) is 0 Å². The van der Waals surface area contributed by atoms with E-state index in [1.54, 1.807) is 31.2 Å². The van der Waals surface area contributed by atoms with Gasteiger partial charge in [0.2, 0.25) is 10.0 Å². The predicted molar refractivity (Wildman–Crippen MR) is 121 cm³/mol. The van der Waals surface area contributed by atoms with Crippen LogP contribution in [0.25, 0.3) is 0 Å². The maximum Gasteiger partial charge on any atom is 0.260 e. The molecule has 0 saturated carbocycles. The van der Waals surface area contributed by atoms with Crippen molar-refractivity contribution in [3.8, 4) is 0 Å². The number of carbonyl (C=O) groups is 1. The summed E-state index contributed by atoms with van der Waals surface area (Å²) < 4.78 is 27.2. The molecule has 9 heteroatoms. The summed E-state index contributed by atoms with van der Waals surface area (Å²) in [6.07, 6.45) is 1.07. The van der Waals surface area contributed by atoms with E-state index in [1.807, 2.05) is 24.3 Å². The van der Waals surface area contributed by atoms with Crippen molar-refractivity contribution in [2.45, 2.75) is 6.92 Å². The molecule has 0 spiro atoms. The molecule has 138 valence electrons. The highest BCUT2D eigenvalue weighted by Gasteiger charge is 2.20. The highest BCUT2D eigenvalue weighted by atomic mass is 127. The molecule has 1 amide bonds. The maximum atomic E-state index is 12.2. The van der Waals surface area contributed by atoms with Crippen LogP contribution in [0, 0.1) is 7.14 Å². The normalized spacial score (nSPS) is 11.9. The number of hydrogen-bond donors (Lipinski definition) is 1. The summed E-state index contributed by atoms with van der Waals surface area (Å²) >= 11 is 4.33. The fourth-order valence-electron chi connectivity index (χ4n) is 2.10. The quantitative estimate of drug-likeness (QED) is 0.316. The van der Waals surface area contributed by atoms with Crippen molar-refractivity contribution in [3.63, 3.8) is 0 Å². The lowest BCUT2D eigenvalue weighted by Gasteiger charge is -2.21. The summed E-state index contributed by atoms with van der Waals surface area (Å²) in [6.45, 7) is 1.43. The van der Waals surface area contributed by atoms with Crippen molar-refractivity contribution in [1.29, 1.82) is 0 Å². The number of anilines is 1. The summed E-state index contributed by atoms with van der Waals surface area (Å²) in [5.41, 5.74) is 4.38. The molecular formula is C17H17I2N3O3S. The van der Waals surface area contributed by atoms with E-state index in [9.17, 15) is 13.2 Å². The fourth-order valence-corrected chi connectivity index (χ4v) is 3.86. The lowest BCUT2D eigenvalue weighted by molar-refractivity contribution is -0.119. The van der Waals surface area contributed by atoms with Crippen LogP contribution in [0.4, 0.5) is 5.69 Å². The van der Waals surface area contributed by atoms with E-state index in [1.165, 1.54) is 0 Å². The predicted octanol–water partition coefficient (Wildman–Crippen LogP) is 3.20. The van der Waals surface area contributed by atoms with Gasteiger partial charge in [0.1, 0.15) is 6.54 Å². The van der Waals surface area contributed by atoms with Gasteiger partial charge < -0.3 is 0 Å². The first kappa shape index (κ1) is 21.1. The average Bonchev–Trinajstić information content (AvgIpc) is 2.57.